The minimum atomic E-state index is 0.00803. The first-order chi connectivity index (χ1) is 8.49. The number of aryl methyl sites for hydroxylation is 1. The number of methoxy groups -OCH3 is 1. The number of hydrogen-bond acceptors (Lipinski definition) is 3. The normalized spacial score (nSPS) is 14.6. The summed E-state index contributed by atoms with van der Waals surface area (Å²) in [6.45, 7) is 7.15. The van der Waals surface area contributed by atoms with E-state index in [1.807, 2.05) is 12.1 Å². The first-order valence-electron chi connectivity index (χ1n) is 6.60. The molecule has 1 atom stereocenters. The van der Waals surface area contributed by atoms with Crippen molar-refractivity contribution < 1.29 is 4.74 Å². The van der Waals surface area contributed by atoms with Gasteiger partial charge in [0.05, 0.1) is 7.11 Å². The molecule has 0 aliphatic rings. The van der Waals surface area contributed by atoms with E-state index in [0.29, 0.717) is 12.6 Å². The van der Waals surface area contributed by atoms with Crippen molar-refractivity contribution in [3.8, 4) is 5.75 Å². The van der Waals surface area contributed by atoms with E-state index in [2.05, 4.69) is 38.2 Å². The van der Waals surface area contributed by atoms with E-state index in [1.165, 1.54) is 5.56 Å². The molecule has 1 unspecified atom stereocenters. The summed E-state index contributed by atoms with van der Waals surface area (Å²) < 4.78 is 5.16. The topological polar surface area (TPSA) is 47.3 Å². The summed E-state index contributed by atoms with van der Waals surface area (Å²) in [5, 5.41) is 3.55. The summed E-state index contributed by atoms with van der Waals surface area (Å²) in [5.74, 6) is 0.903. The van der Waals surface area contributed by atoms with E-state index in [0.717, 1.165) is 18.6 Å². The lowest BCUT2D eigenvalue weighted by atomic mass is 9.92. The minimum absolute atomic E-state index is 0.00803. The van der Waals surface area contributed by atoms with Crippen molar-refractivity contribution >= 4 is 0 Å². The zero-order valence-electron chi connectivity index (χ0n) is 12.0. The molecule has 3 heteroatoms. The molecule has 0 aromatic heterocycles. The van der Waals surface area contributed by atoms with Crippen LogP contribution in [0.5, 0.6) is 5.75 Å². The van der Waals surface area contributed by atoms with Crippen LogP contribution in [0, 0.1) is 0 Å². The highest BCUT2D eigenvalue weighted by atomic mass is 16.5. The highest BCUT2D eigenvalue weighted by Crippen LogP contribution is 2.17. The van der Waals surface area contributed by atoms with Crippen LogP contribution in [-0.4, -0.2) is 25.2 Å². The average Bonchev–Trinajstić information content (AvgIpc) is 2.36. The average molecular weight is 250 g/mol. The third kappa shape index (κ3) is 4.67. The molecule has 0 aliphatic heterocycles. The lowest BCUT2D eigenvalue weighted by Gasteiger charge is -2.32. The first kappa shape index (κ1) is 15.0. The Bertz CT molecular complexity index is 348. The van der Waals surface area contributed by atoms with Crippen LogP contribution in [0.2, 0.25) is 0 Å². The highest BCUT2D eigenvalue weighted by molar-refractivity contribution is 5.27. The van der Waals surface area contributed by atoms with Gasteiger partial charge in [-0.05, 0) is 37.5 Å². The minimum Gasteiger partial charge on any atom is -0.497 e. The molecular weight excluding hydrogens is 224 g/mol. The molecule has 0 saturated heterocycles. The molecule has 0 spiro atoms. The Morgan fingerprint density at radius 2 is 1.89 bits per heavy atom. The zero-order valence-corrected chi connectivity index (χ0v) is 12.0. The van der Waals surface area contributed by atoms with E-state index in [9.17, 15) is 0 Å². The number of rotatable bonds is 7. The monoisotopic (exact) mass is 250 g/mol. The summed E-state index contributed by atoms with van der Waals surface area (Å²) in [6, 6.07) is 8.70. The summed E-state index contributed by atoms with van der Waals surface area (Å²) in [4.78, 5) is 0. The van der Waals surface area contributed by atoms with Gasteiger partial charge in [0.15, 0.2) is 0 Å². The Kier molecular flexibility index (Phi) is 5.63. The largest absolute Gasteiger partial charge is 0.497 e. The maximum Gasteiger partial charge on any atom is 0.118 e. The molecular formula is C15H26N2O. The highest BCUT2D eigenvalue weighted by Gasteiger charge is 2.22. The Balaban J connectivity index is 2.56. The molecule has 1 rings (SSSR count). The van der Waals surface area contributed by atoms with Crippen LogP contribution in [0.1, 0.15) is 32.8 Å². The molecule has 0 aliphatic carbocycles. The fourth-order valence-corrected chi connectivity index (χ4v) is 2.14. The molecule has 102 valence electrons. The standard InChI is InChI=1S/C15H26N2O/c1-12(2)17-15(3,11-16)10-9-13-5-7-14(18-4)8-6-13/h5-8,12,17H,9-11,16H2,1-4H3. The molecule has 0 saturated carbocycles. The van der Waals surface area contributed by atoms with Crippen molar-refractivity contribution in [1.29, 1.82) is 0 Å². The van der Waals surface area contributed by atoms with Gasteiger partial charge in [0.1, 0.15) is 5.75 Å². The van der Waals surface area contributed by atoms with Gasteiger partial charge in [0.2, 0.25) is 0 Å². The quantitative estimate of drug-likeness (QED) is 0.781. The molecule has 0 amide bonds. The van der Waals surface area contributed by atoms with Crippen LogP contribution < -0.4 is 15.8 Å². The van der Waals surface area contributed by atoms with Gasteiger partial charge in [0.25, 0.3) is 0 Å². The lowest BCUT2D eigenvalue weighted by molar-refractivity contribution is 0.313. The zero-order chi connectivity index (χ0) is 13.6. The van der Waals surface area contributed by atoms with Gasteiger partial charge in [-0.2, -0.15) is 0 Å². The Hall–Kier alpha value is -1.06. The SMILES string of the molecule is COc1ccc(CCC(C)(CN)NC(C)C)cc1. The third-order valence-electron chi connectivity index (χ3n) is 3.21. The Morgan fingerprint density at radius 3 is 2.33 bits per heavy atom. The molecule has 18 heavy (non-hydrogen) atoms. The van der Waals surface area contributed by atoms with Crippen molar-refractivity contribution in [2.45, 2.75) is 45.2 Å². The fourth-order valence-electron chi connectivity index (χ4n) is 2.14. The molecule has 3 N–H and O–H groups in total. The van der Waals surface area contributed by atoms with Gasteiger partial charge in [-0.15, -0.1) is 0 Å². The van der Waals surface area contributed by atoms with Crippen molar-refractivity contribution in [3.63, 3.8) is 0 Å². The summed E-state index contributed by atoms with van der Waals surface area (Å²) in [5.41, 5.74) is 7.21. The predicted molar refractivity (Wildman–Crippen MR) is 77.0 cm³/mol. The predicted octanol–water partition coefficient (Wildman–Crippen LogP) is 2.34. The van der Waals surface area contributed by atoms with Crippen molar-refractivity contribution in [1.82, 2.24) is 5.32 Å². The molecule has 0 fully saturated rings. The van der Waals surface area contributed by atoms with E-state index in [-0.39, 0.29) is 5.54 Å². The van der Waals surface area contributed by atoms with Crippen LogP contribution in [0.3, 0.4) is 0 Å². The van der Waals surface area contributed by atoms with Gasteiger partial charge in [-0.3, -0.25) is 0 Å². The third-order valence-corrected chi connectivity index (χ3v) is 3.21. The van der Waals surface area contributed by atoms with Gasteiger partial charge < -0.3 is 15.8 Å². The first-order valence-corrected chi connectivity index (χ1v) is 6.60. The van der Waals surface area contributed by atoms with Gasteiger partial charge in [-0.25, -0.2) is 0 Å². The van der Waals surface area contributed by atoms with Crippen LogP contribution in [0.15, 0.2) is 24.3 Å². The van der Waals surface area contributed by atoms with E-state index < -0.39 is 0 Å². The van der Waals surface area contributed by atoms with Gasteiger partial charge in [-0.1, -0.05) is 26.0 Å². The van der Waals surface area contributed by atoms with E-state index in [4.69, 9.17) is 10.5 Å². The summed E-state index contributed by atoms with van der Waals surface area (Å²) in [6.07, 6.45) is 2.06. The number of ether oxygens (including phenoxy) is 1. The number of benzene rings is 1. The van der Waals surface area contributed by atoms with Gasteiger partial charge >= 0.3 is 0 Å². The van der Waals surface area contributed by atoms with Crippen molar-refractivity contribution in [2.24, 2.45) is 5.73 Å². The second kappa shape index (κ2) is 6.76. The van der Waals surface area contributed by atoms with E-state index >= 15 is 0 Å². The fraction of sp³-hybridized carbons (Fsp3) is 0.600. The van der Waals surface area contributed by atoms with Crippen molar-refractivity contribution in [3.05, 3.63) is 29.8 Å². The summed E-state index contributed by atoms with van der Waals surface area (Å²) in [7, 11) is 1.69. The smallest absolute Gasteiger partial charge is 0.118 e. The number of nitrogens with one attached hydrogen (secondary N) is 1. The summed E-state index contributed by atoms with van der Waals surface area (Å²) >= 11 is 0. The maximum atomic E-state index is 5.88. The molecule has 0 bridgehead atoms. The van der Waals surface area contributed by atoms with Crippen molar-refractivity contribution in [2.75, 3.05) is 13.7 Å². The number of nitrogens with two attached hydrogens (primary N) is 1. The van der Waals surface area contributed by atoms with Crippen LogP contribution >= 0.6 is 0 Å². The molecule has 3 nitrogen and oxygen atoms in total. The Morgan fingerprint density at radius 1 is 1.28 bits per heavy atom. The molecule has 0 heterocycles. The maximum absolute atomic E-state index is 5.88. The number of hydrogen-bond donors (Lipinski definition) is 2. The second-order valence-electron chi connectivity index (χ2n) is 5.41. The van der Waals surface area contributed by atoms with Crippen LogP contribution in [0.25, 0.3) is 0 Å². The van der Waals surface area contributed by atoms with Crippen LogP contribution in [0.4, 0.5) is 0 Å². The second-order valence-corrected chi connectivity index (χ2v) is 5.41. The van der Waals surface area contributed by atoms with Crippen LogP contribution in [-0.2, 0) is 6.42 Å². The molecule has 1 aromatic carbocycles. The van der Waals surface area contributed by atoms with Gasteiger partial charge in [0, 0.05) is 18.1 Å². The lowest BCUT2D eigenvalue weighted by Crippen LogP contribution is -2.51. The molecule has 0 radical (unpaired) electrons. The Labute approximate surface area is 111 Å². The van der Waals surface area contributed by atoms with E-state index in [1.54, 1.807) is 7.11 Å². The molecule has 1 aromatic rings.